The molecule has 0 fully saturated rings. The lowest BCUT2D eigenvalue weighted by Crippen LogP contribution is -1.94. The SMILES string of the molecule is N#Cc1c(Br)cccc1Oc1cc(Cl)c(Cl)cc1N. The van der Waals surface area contributed by atoms with Crippen molar-refractivity contribution in [3.05, 3.63) is 50.4 Å². The Labute approximate surface area is 128 Å². The fraction of sp³-hybridized carbons (Fsp3) is 0. The van der Waals surface area contributed by atoms with Gasteiger partial charge in [-0.25, -0.2) is 0 Å². The van der Waals surface area contributed by atoms with Crippen molar-refractivity contribution in [2.24, 2.45) is 0 Å². The van der Waals surface area contributed by atoms with Crippen molar-refractivity contribution in [1.29, 1.82) is 5.26 Å². The quantitative estimate of drug-likeness (QED) is 0.769. The molecular weight excluding hydrogens is 351 g/mol. The maximum absolute atomic E-state index is 9.11. The molecule has 19 heavy (non-hydrogen) atoms. The number of benzene rings is 2. The summed E-state index contributed by atoms with van der Waals surface area (Å²) < 4.78 is 6.27. The minimum Gasteiger partial charge on any atom is -0.454 e. The van der Waals surface area contributed by atoms with Crippen LogP contribution < -0.4 is 10.5 Å². The van der Waals surface area contributed by atoms with Gasteiger partial charge in [-0.15, -0.1) is 0 Å². The number of nitrogens with two attached hydrogens (primary N) is 1. The zero-order chi connectivity index (χ0) is 14.0. The molecule has 0 atom stereocenters. The molecule has 2 rings (SSSR count). The average Bonchev–Trinajstić information content (AvgIpc) is 2.36. The zero-order valence-electron chi connectivity index (χ0n) is 9.45. The summed E-state index contributed by atoms with van der Waals surface area (Å²) in [6.45, 7) is 0. The second kappa shape index (κ2) is 5.70. The molecule has 2 N–H and O–H groups in total. The minimum atomic E-state index is 0.333. The molecule has 0 saturated carbocycles. The first-order valence-electron chi connectivity index (χ1n) is 5.14. The number of hydrogen-bond donors (Lipinski definition) is 1. The number of halogens is 3. The van der Waals surface area contributed by atoms with Crippen LogP contribution in [0.25, 0.3) is 0 Å². The summed E-state index contributed by atoms with van der Waals surface area (Å²) in [5.41, 5.74) is 6.53. The van der Waals surface area contributed by atoms with Crippen LogP contribution in [0.3, 0.4) is 0 Å². The van der Waals surface area contributed by atoms with Gasteiger partial charge in [-0.05, 0) is 34.1 Å². The first-order chi connectivity index (χ1) is 9.02. The van der Waals surface area contributed by atoms with Gasteiger partial charge in [-0.2, -0.15) is 5.26 Å². The Morgan fingerprint density at radius 3 is 2.53 bits per heavy atom. The molecule has 0 saturated heterocycles. The van der Waals surface area contributed by atoms with E-state index in [4.69, 9.17) is 38.9 Å². The first kappa shape index (κ1) is 14.0. The number of ether oxygens (including phenoxy) is 1. The van der Waals surface area contributed by atoms with Crippen LogP contribution in [0.2, 0.25) is 10.0 Å². The number of rotatable bonds is 2. The smallest absolute Gasteiger partial charge is 0.151 e. The highest BCUT2D eigenvalue weighted by Crippen LogP contribution is 2.37. The van der Waals surface area contributed by atoms with Gasteiger partial charge in [0.25, 0.3) is 0 Å². The van der Waals surface area contributed by atoms with Gasteiger partial charge in [0.05, 0.1) is 15.7 Å². The third-order valence-electron chi connectivity index (χ3n) is 2.36. The van der Waals surface area contributed by atoms with Gasteiger partial charge < -0.3 is 10.5 Å². The lowest BCUT2D eigenvalue weighted by molar-refractivity contribution is 0.483. The van der Waals surface area contributed by atoms with Crippen LogP contribution in [0.1, 0.15) is 5.56 Å². The summed E-state index contributed by atoms with van der Waals surface area (Å²) in [5.74, 6) is 0.742. The third-order valence-corrected chi connectivity index (χ3v) is 3.74. The molecule has 3 nitrogen and oxygen atoms in total. The van der Waals surface area contributed by atoms with E-state index >= 15 is 0 Å². The second-order valence-electron chi connectivity index (χ2n) is 3.63. The van der Waals surface area contributed by atoms with Crippen molar-refractivity contribution in [2.75, 3.05) is 5.73 Å². The van der Waals surface area contributed by atoms with E-state index in [0.717, 1.165) is 0 Å². The predicted molar refractivity (Wildman–Crippen MR) is 79.8 cm³/mol. The van der Waals surface area contributed by atoms with Crippen molar-refractivity contribution in [2.45, 2.75) is 0 Å². The van der Waals surface area contributed by atoms with Crippen LogP contribution in [0.5, 0.6) is 11.5 Å². The summed E-state index contributed by atoms with van der Waals surface area (Å²) in [7, 11) is 0. The van der Waals surface area contributed by atoms with Gasteiger partial charge in [0.15, 0.2) is 5.75 Å². The topological polar surface area (TPSA) is 59.0 Å². The number of nitrogen functional groups attached to an aromatic ring is 1. The van der Waals surface area contributed by atoms with Crippen molar-refractivity contribution in [3.8, 4) is 17.6 Å². The third kappa shape index (κ3) is 2.95. The average molecular weight is 358 g/mol. The molecule has 2 aromatic carbocycles. The van der Waals surface area contributed by atoms with Gasteiger partial charge in [0.2, 0.25) is 0 Å². The number of nitriles is 1. The van der Waals surface area contributed by atoms with Crippen LogP contribution in [-0.2, 0) is 0 Å². The highest BCUT2D eigenvalue weighted by Gasteiger charge is 2.11. The van der Waals surface area contributed by atoms with E-state index in [0.29, 0.717) is 37.3 Å². The van der Waals surface area contributed by atoms with Gasteiger partial charge in [-0.3, -0.25) is 0 Å². The summed E-state index contributed by atoms with van der Waals surface area (Å²) in [6, 6.07) is 10.3. The van der Waals surface area contributed by atoms with Crippen LogP contribution in [0.4, 0.5) is 5.69 Å². The summed E-state index contributed by atoms with van der Waals surface area (Å²) >= 11 is 15.0. The molecule has 0 aliphatic carbocycles. The van der Waals surface area contributed by atoms with Gasteiger partial charge >= 0.3 is 0 Å². The monoisotopic (exact) mass is 356 g/mol. The van der Waals surface area contributed by atoms with Crippen LogP contribution in [0.15, 0.2) is 34.8 Å². The van der Waals surface area contributed by atoms with Crippen LogP contribution >= 0.6 is 39.1 Å². The first-order valence-corrected chi connectivity index (χ1v) is 6.69. The molecule has 0 heterocycles. The molecule has 0 bridgehead atoms. The molecule has 0 radical (unpaired) electrons. The van der Waals surface area contributed by atoms with E-state index < -0.39 is 0 Å². The Kier molecular flexibility index (Phi) is 4.20. The molecule has 96 valence electrons. The minimum absolute atomic E-state index is 0.333. The standard InChI is InChI=1S/C13H7BrCl2N2O/c14-8-2-1-3-12(7(8)6-17)19-13-5-10(16)9(15)4-11(13)18/h1-5H,18H2. The second-order valence-corrected chi connectivity index (χ2v) is 5.30. The summed E-state index contributed by atoms with van der Waals surface area (Å²) in [6.07, 6.45) is 0. The van der Waals surface area contributed by atoms with Crippen molar-refractivity contribution >= 4 is 44.8 Å². The molecule has 2 aromatic rings. The lowest BCUT2D eigenvalue weighted by atomic mass is 10.2. The van der Waals surface area contributed by atoms with E-state index in [1.165, 1.54) is 12.1 Å². The molecule has 0 unspecified atom stereocenters. The Balaban J connectivity index is 2.45. The molecule has 0 aliphatic heterocycles. The zero-order valence-corrected chi connectivity index (χ0v) is 12.6. The highest BCUT2D eigenvalue weighted by atomic mass is 79.9. The molecule has 0 aromatic heterocycles. The Morgan fingerprint density at radius 2 is 1.84 bits per heavy atom. The van der Waals surface area contributed by atoms with Gasteiger partial charge in [0, 0.05) is 10.5 Å². The summed E-state index contributed by atoms with van der Waals surface area (Å²) in [5, 5.41) is 9.79. The summed E-state index contributed by atoms with van der Waals surface area (Å²) in [4.78, 5) is 0. The Bertz CT molecular complexity index is 683. The molecule has 0 aliphatic rings. The van der Waals surface area contributed by atoms with E-state index in [1.54, 1.807) is 18.2 Å². The largest absolute Gasteiger partial charge is 0.454 e. The van der Waals surface area contributed by atoms with Crippen LogP contribution in [0, 0.1) is 11.3 Å². The van der Waals surface area contributed by atoms with Gasteiger partial charge in [-0.1, -0.05) is 29.3 Å². The van der Waals surface area contributed by atoms with E-state index in [2.05, 4.69) is 22.0 Å². The van der Waals surface area contributed by atoms with Gasteiger partial charge in [0.1, 0.15) is 17.4 Å². The van der Waals surface area contributed by atoms with Crippen molar-refractivity contribution < 1.29 is 4.74 Å². The lowest BCUT2D eigenvalue weighted by Gasteiger charge is -2.11. The maximum atomic E-state index is 9.11. The molecule has 6 heteroatoms. The van der Waals surface area contributed by atoms with E-state index in [9.17, 15) is 0 Å². The number of hydrogen-bond acceptors (Lipinski definition) is 3. The number of nitrogens with zero attached hydrogens (tertiary/aromatic N) is 1. The van der Waals surface area contributed by atoms with Crippen molar-refractivity contribution in [3.63, 3.8) is 0 Å². The predicted octanol–water partition coefficient (Wildman–Crippen LogP) is 5.00. The van der Waals surface area contributed by atoms with E-state index in [-0.39, 0.29) is 0 Å². The van der Waals surface area contributed by atoms with Crippen molar-refractivity contribution in [1.82, 2.24) is 0 Å². The molecular formula is C13H7BrCl2N2O. The van der Waals surface area contributed by atoms with E-state index in [1.807, 2.05) is 0 Å². The maximum Gasteiger partial charge on any atom is 0.151 e. The highest BCUT2D eigenvalue weighted by molar-refractivity contribution is 9.10. The fourth-order valence-corrected chi connectivity index (χ4v) is 2.21. The van der Waals surface area contributed by atoms with Crippen LogP contribution in [-0.4, -0.2) is 0 Å². The Hall–Kier alpha value is -1.41. The molecule has 0 spiro atoms. The molecule has 0 amide bonds. The number of anilines is 1. The fourth-order valence-electron chi connectivity index (χ4n) is 1.45. The normalized spacial score (nSPS) is 10.0. The Morgan fingerprint density at radius 1 is 1.16 bits per heavy atom.